The van der Waals surface area contributed by atoms with E-state index >= 15 is 0 Å². The van der Waals surface area contributed by atoms with Crippen molar-refractivity contribution >= 4 is 0 Å². The summed E-state index contributed by atoms with van der Waals surface area (Å²) < 4.78 is 34.6. The molecule has 6 heavy (non-hydrogen) atoms. The summed E-state index contributed by atoms with van der Waals surface area (Å²) in [4.78, 5) is 0. The van der Waals surface area contributed by atoms with Gasteiger partial charge in [-0.2, -0.15) is 0 Å². The molecule has 0 saturated carbocycles. The maximum absolute atomic E-state index is 8.64. The minimum absolute atomic E-state index is 0. The molecule has 0 atom stereocenters. The van der Waals surface area contributed by atoms with E-state index in [1.54, 1.807) is 0 Å². The molecule has 0 heterocycles. The standard InChI is InChI=1S/H3N.4O.Re/h1H3;;;;;/q;;;;-1;/p+1. The first-order valence-electron chi connectivity index (χ1n) is 0.617. The first-order chi connectivity index (χ1) is 2.00. The topological polar surface area (TPSA) is 111 Å². The van der Waals surface area contributed by atoms with Gasteiger partial charge in [0, 0.05) is 0 Å². The zero-order valence-corrected chi connectivity index (χ0v) is 5.73. The minimum atomic E-state index is -6.11. The van der Waals surface area contributed by atoms with Crippen LogP contribution in [0, 0.1) is 0 Å². The second-order valence-electron chi connectivity index (χ2n) is 0.378. The molecule has 0 unspecified atom stereocenters. The van der Waals surface area contributed by atoms with Crippen LogP contribution in [0.5, 0.6) is 0 Å². The molecule has 4 N–H and O–H groups in total. The Morgan fingerprint density at radius 2 is 1.17 bits per heavy atom. The van der Waals surface area contributed by atoms with Crippen LogP contribution < -0.4 is 9.98 Å². The second kappa shape index (κ2) is 2.21. The van der Waals surface area contributed by atoms with Gasteiger partial charge in [0.15, 0.2) is 0 Å². The Morgan fingerprint density at radius 1 is 1.17 bits per heavy atom. The summed E-state index contributed by atoms with van der Waals surface area (Å²) in [6.07, 6.45) is 0. The van der Waals surface area contributed by atoms with Gasteiger partial charge in [-0.15, -0.1) is 0 Å². The van der Waals surface area contributed by atoms with Gasteiger partial charge in [-0.3, -0.25) is 0 Å². The van der Waals surface area contributed by atoms with Crippen LogP contribution in [-0.4, -0.2) is 0 Å². The molecule has 0 aromatic heterocycles. The predicted octanol–water partition coefficient (Wildman–Crippen LogP) is -1.17. The number of hydrogen-bond acceptors (Lipinski definition) is 4. The molecule has 0 aliphatic rings. The van der Waals surface area contributed by atoms with E-state index in [1.807, 2.05) is 0 Å². The fraction of sp³-hybridized carbons (Fsp3) is 0. The summed E-state index contributed by atoms with van der Waals surface area (Å²) in [6.45, 7) is 0. The first-order valence-corrected chi connectivity index (χ1v) is 5.05. The molecular weight excluding hydrogens is 264 g/mol. The van der Waals surface area contributed by atoms with Gasteiger partial charge in [0.1, 0.15) is 0 Å². The molecule has 0 fully saturated rings. The molecule has 0 aromatic carbocycles. The molecule has 0 spiro atoms. The summed E-state index contributed by atoms with van der Waals surface area (Å²) in [5.41, 5.74) is 0. The van der Waals surface area contributed by atoms with Crippen molar-refractivity contribution in [3.63, 3.8) is 0 Å². The van der Waals surface area contributed by atoms with Crippen molar-refractivity contribution < 1.29 is 30.0 Å². The van der Waals surface area contributed by atoms with Crippen molar-refractivity contribution in [1.29, 1.82) is 0 Å². The van der Waals surface area contributed by atoms with E-state index in [9.17, 15) is 0 Å². The molecule has 0 aliphatic carbocycles. The SMILES string of the molecule is [NH4+].[O]=[Re](=[O])(=[O])[O-]. The van der Waals surface area contributed by atoms with Crippen LogP contribution in [-0.2, 0) is 26.2 Å². The Bertz CT molecular complexity index is 129. The Balaban J connectivity index is 0. The van der Waals surface area contributed by atoms with Gasteiger partial charge < -0.3 is 6.15 Å². The van der Waals surface area contributed by atoms with Crippen LogP contribution in [0.15, 0.2) is 0 Å². The molecule has 0 amide bonds. The van der Waals surface area contributed by atoms with Gasteiger partial charge in [0.05, 0.1) is 0 Å². The molecule has 0 saturated heterocycles. The van der Waals surface area contributed by atoms with Gasteiger partial charge in [0.2, 0.25) is 0 Å². The van der Waals surface area contributed by atoms with Crippen molar-refractivity contribution in [3.05, 3.63) is 0 Å². The maximum atomic E-state index is 8.64. The predicted molar refractivity (Wildman–Crippen MR) is 8.04 cm³/mol. The zero-order valence-electron chi connectivity index (χ0n) is 3.01. The van der Waals surface area contributed by atoms with Crippen molar-refractivity contribution in [2.24, 2.45) is 0 Å². The normalized spacial score (nSPS) is 9.50. The molecule has 0 rings (SSSR count). The van der Waals surface area contributed by atoms with Crippen LogP contribution in [0.4, 0.5) is 0 Å². The summed E-state index contributed by atoms with van der Waals surface area (Å²) >= 11 is -6.11. The van der Waals surface area contributed by atoms with Crippen LogP contribution >= 0.6 is 0 Å². The average molecular weight is 268 g/mol. The van der Waals surface area contributed by atoms with Gasteiger partial charge in [-0.1, -0.05) is 0 Å². The Hall–Kier alpha value is -0.0177. The molecule has 0 bridgehead atoms. The fourth-order valence-electron chi connectivity index (χ4n) is 0. The first kappa shape index (κ1) is 9.36. The molecule has 5 nitrogen and oxygen atoms in total. The molecule has 6 heteroatoms. The van der Waals surface area contributed by atoms with Gasteiger partial charge in [-0.25, -0.2) is 0 Å². The fourth-order valence-corrected chi connectivity index (χ4v) is 0. The van der Waals surface area contributed by atoms with E-state index in [2.05, 4.69) is 0 Å². The van der Waals surface area contributed by atoms with E-state index in [-0.39, 0.29) is 6.15 Å². The van der Waals surface area contributed by atoms with Gasteiger partial charge in [0.25, 0.3) is 0 Å². The summed E-state index contributed by atoms with van der Waals surface area (Å²) in [6, 6.07) is 0. The van der Waals surface area contributed by atoms with E-state index in [0.29, 0.717) is 0 Å². The summed E-state index contributed by atoms with van der Waals surface area (Å²) in [5, 5.41) is 0. The molecular formula is H4NO4Re. The van der Waals surface area contributed by atoms with Crippen molar-refractivity contribution in [2.45, 2.75) is 0 Å². The number of rotatable bonds is 0. The molecule has 0 aliphatic heterocycles. The molecule has 0 radical (unpaired) electrons. The van der Waals surface area contributed by atoms with Crippen LogP contribution in [0.25, 0.3) is 0 Å². The van der Waals surface area contributed by atoms with E-state index in [1.165, 1.54) is 0 Å². The monoisotopic (exact) mass is 269 g/mol. The molecule has 40 valence electrons. The Morgan fingerprint density at radius 3 is 1.17 bits per heavy atom. The van der Waals surface area contributed by atoms with E-state index in [0.717, 1.165) is 0 Å². The van der Waals surface area contributed by atoms with Crippen LogP contribution in [0.3, 0.4) is 0 Å². The summed E-state index contributed by atoms with van der Waals surface area (Å²) in [5.74, 6) is 0. The number of quaternary nitrogens is 1. The second-order valence-corrected chi connectivity index (χ2v) is 3.09. The van der Waals surface area contributed by atoms with Crippen molar-refractivity contribution in [2.75, 3.05) is 0 Å². The van der Waals surface area contributed by atoms with E-state index in [4.69, 9.17) is 14.2 Å². The number of hydrogen-bond donors (Lipinski definition) is 1. The third-order valence-corrected chi connectivity index (χ3v) is 0. The zero-order chi connectivity index (χ0) is 4.50. The third kappa shape index (κ3) is 114000. The quantitative estimate of drug-likeness (QED) is 0.596. The third-order valence-electron chi connectivity index (χ3n) is 0. The van der Waals surface area contributed by atoms with Crippen molar-refractivity contribution in [3.8, 4) is 0 Å². The Kier molecular flexibility index (Phi) is 3.45. The van der Waals surface area contributed by atoms with Gasteiger partial charge >= 0.3 is 30.0 Å². The Labute approximate surface area is 36.9 Å². The molecule has 0 aromatic rings. The van der Waals surface area contributed by atoms with Crippen molar-refractivity contribution in [1.82, 2.24) is 6.15 Å². The summed E-state index contributed by atoms with van der Waals surface area (Å²) in [7, 11) is 0. The van der Waals surface area contributed by atoms with Crippen LogP contribution in [0.1, 0.15) is 0 Å². The average Bonchev–Trinajstić information content (AvgIpc) is 0.722. The van der Waals surface area contributed by atoms with Gasteiger partial charge in [-0.05, 0) is 0 Å². The van der Waals surface area contributed by atoms with E-state index < -0.39 is 15.8 Å². The van der Waals surface area contributed by atoms with Crippen LogP contribution in [0.2, 0.25) is 0 Å².